The molecule has 3 aromatic carbocycles. The van der Waals surface area contributed by atoms with E-state index >= 15 is 0 Å². The Bertz CT molecular complexity index is 1650. The number of aromatic nitrogens is 1. The number of amides is 1. The molecule has 9 heteroatoms. The van der Waals surface area contributed by atoms with E-state index in [-0.39, 0.29) is 22.4 Å². The fourth-order valence-electron chi connectivity index (χ4n) is 4.05. The predicted octanol–water partition coefficient (Wildman–Crippen LogP) is 3.78. The smallest absolute Gasteiger partial charge is 0.282 e. The molecule has 2 heterocycles. The fraction of sp³-hybridized carbons (Fsp3) is 0.0385. The molecule has 0 atom stereocenters. The van der Waals surface area contributed by atoms with Crippen LogP contribution < -0.4 is 10.0 Å². The molecule has 1 amide bonds. The molecule has 0 aliphatic carbocycles. The summed E-state index contributed by atoms with van der Waals surface area (Å²) in [7, 11) is -3.87. The van der Waals surface area contributed by atoms with Crippen LogP contribution in [0.2, 0.25) is 0 Å². The summed E-state index contributed by atoms with van der Waals surface area (Å²) in [5.74, 6) is -0.124. The number of carbonyl (C=O) groups is 2. The van der Waals surface area contributed by atoms with Gasteiger partial charge in [-0.3, -0.25) is 19.1 Å². The average molecular weight is 485 g/mol. The monoisotopic (exact) mass is 484 g/mol. The Hall–Kier alpha value is -4.34. The third-order valence-electron chi connectivity index (χ3n) is 5.69. The highest BCUT2D eigenvalue weighted by molar-refractivity contribution is 7.89. The zero-order valence-electron chi connectivity index (χ0n) is 18.6. The normalized spacial score (nSPS) is 15.1. The van der Waals surface area contributed by atoms with Gasteiger partial charge in [-0.05, 0) is 36.4 Å². The van der Waals surface area contributed by atoms with Crippen molar-refractivity contribution in [1.29, 1.82) is 0 Å². The van der Waals surface area contributed by atoms with E-state index in [0.29, 0.717) is 22.6 Å². The van der Waals surface area contributed by atoms with Crippen molar-refractivity contribution in [1.82, 2.24) is 4.57 Å². The summed E-state index contributed by atoms with van der Waals surface area (Å²) in [6.07, 6.45) is 3.35. The Kier molecular flexibility index (Phi) is 5.43. The predicted molar refractivity (Wildman–Crippen MR) is 134 cm³/mol. The lowest BCUT2D eigenvalue weighted by atomic mass is 10.1. The van der Waals surface area contributed by atoms with E-state index < -0.39 is 10.0 Å². The number of hydrogen-bond donors (Lipinski definition) is 1. The molecular weight excluding hydrogens is 464 g/mol. The number of amidine groups is 1. The van der Waals surface area contributed by atoms with Gasteiger partial charge in [0.05, 0.1) is 16.1 Å². The second-order valence-corrected chi connectivity index (χ2v) is 9.56. The van der Waals surface area contributed by atoms with Crippen LogP contribution in [0.1, 0.15) is 22.8 Å². The van der Waals surface area contributed by atoms with Gasteiger partial charge < -0.3 is 0 Å². The minimum Gasteiger partial charge on any atom is -0.287 e. The molecule has 35 heavy (non-hydrogen) atoms. The largest absolute Gasteiger partial charge is 0.287 e. The summed E-state index contributed by atoms with van der Waals surface area (Å²) < 4.78 is 24.9. The van der Waals surface area contributed by atoms with Crippen LogP contribution in [0.5, 0.6) is 0 Å². The van der Waals surface area contributed by atoms with Crippen molar-refractivity contribution in [3.05, 3.63) is 102 Å². The van der Waals surface area contributed by atoms with E-state index in [4.69, 9.17) is 5.14 Å². The van der Waals surface area contributed by atoms with Crippen molar-refractivity contribution in [2.24, 2.45) is 10.1 Å². The van der Waals surface area contributed by atoms with Gasteiger partial charge in [0.25, 0.3) is 5.91 Å². The Balaban J connectivity index is 1.65. The Labute approximate surface area is 201 Å². The summed E-state index contributed by atoms with van der Waals surface area (Å²) in [4.78, 5) is 31.7. The average Bonchev–Trinajstić information content (AvgIpc) is 3.38. The molecule has 0 radical (unpaired) electrons. The molecule has 0 saturated heterocycles. The summed E-state index contributed by atoms with van der Waals surface area (Å²) >= 11 is 0. The number of nitrogens with zero attached hydrogens (tertiary/aromatic N) is 3. The highest BCUT2D eigenvalue weighted by atomic mass is 32.2. The van der Waals surface area contributed by atoms with Gasteiger partial charge >= 0.3 is 0 Å². The van der Waals surface area contributed by atoms with E-state index in [2.05, 4.69) is 4.99 Å². The standard InChI is InChI=1S/C26H20N4O4S/c1-17(31)29-16-19(22-9-5-6-10-24(22)29)15-23-26(32)30(25(28-23)18-7-3-2-4-8-18)20-11-13-21(14-12-20)35(27,33)34/h2-16H,1H3,(H2,27,33,34)/b23-15+. The molecule has 0 saturated carbocycles. The summed E-state index contributed by atoms with van der Waals surface area (Å²) in [5, 5.41) is 6.03. The maximum atomic E-state index is 13.6. The number of fused-ring (bicyclic) bond motifs is 1. The second kappa shape index (κ2) is 8.46. The maximum Gasteiger partial charge on any atom is 0.282 e. The van der Waals surface area contributed by atoms with Crippen LogP contribution in [0.25, 0.3) is 17.0 Å². The zero-order valence-corrected chi connectivity index (χ0v) is 19.4. The van der Waals surface area contributed by atoms with Crippen molar-refractivity contribution < 1.29 is 18.0 Å². The number of rotatable bonds is 4. The first-order valence-corrected chi connectivity index (χ1v) is 12.2. The highest BCUT2D eigenvalue weighted by Gasteiger charge is 2.33. The van der Waals surface area contributed by atoms with Crippen LogP contribution in [0.3, 0.4) is 0 Å². The SMILES string of the molecule is CC(=O)n1cc(/C=C2/N=C(c3ccccc3)N(c3ccc(S(N)(=O)=O)cc3)C2=O)c2ccccc21. The number of sulfonamides is 1. The molecule has 1 aliphatic rings. The van der Waals surface area contributed by atoms with Crippen LogP contribution in [-0.4, -0.2) is 30.6 Å². The fourth-order valence-corrected chi connectivity index (χ4v) is 4.57. The van der Waals surface area contributed by atoms with Crippen LogP contribution in [0, 0.1) is 0 Å². The van der Waals surface area contributed by atoms with E-state index in [1.807, 2.05) is 54.6 Å². The molecule has 0 bridgehead atoms. The number of aliphatic imine (C=N–C) groups is 1. The minimum atomic E-state index is -3.87. The van der Waals surface area contributed by atoms with Gasteiger partial charge in [0.2, 0.25) is 15.9 Å². The zero-order chi connectivity index (χ0) is 24.7. The van der Waals surface area contributed by atoms with Crippen LogP contribution in [-0.2, 0) is 14.8 Å². The quantitative estimate of drug-likeness (QED) is 0.444. The first kappa shape index (κ1) is 22.5. The van der Waals surface area contributed by atoms with Crippen molar-refractivity contribution >= 4 is 50.3 Å². The number of primary sulfonamides is 1. The van der Waals surface area contributed by atoms with Crippen molar-refractivity contribution in [3.8, 4) is 0 Å². The number of nitrogens with two attached hydrogens (primary N) is 1. The lowest BCUT2D eigenvalue weighted by molar-refractivity contribution is -0.113. The van der Waals surface area contributed by atoms with Gasteiger partial charge in [-0.1, -0.05) is 48.5 Å². The van der Waals surface area contributed by atoms with Crippen LogP contribution in [0.15, 0.2) is 101 Å². The van der Waals surface area contributed by atoms with E-state index in [0.717, 1.165) is 10.9 Å². The minimum absolute atomic E-state index is 0.0566. The lowest BCUT2D eigenvalue weighted by Crippen LogP contribution is -2.32. The van der Waals surface area contributed by atoms with Gasteiger partial charge in [-0.25, -0.2) is 18.5 Å². The molecule has 2 N–H and O–H groups in total. The van der Waals surface area contributed by atoms with Crippen LogP contribution >= 0.6 is 0 Å². The number of para-hydroxylation sites is 1. The van der Waals surface area contributed by atoms with Crippen LogP contribution in [0.4, 0.5) is 5.69 Å². The number of anilines is 1. The topological polar surface area (TPSA) is 115 Å². The molecule has 8 nitrogen and oxygen atoms in total. The van der Waals surface area contributed by atoms with Crippen molar-refractivity contribution in [2.75, 3.05) is 4.90 Å². The molecule has 174 valence electrons. The first-order valence-electron chi connectivity index (χ1n) is 10.7. The van der Waals surface area contributed by atoms with E-state index in [1.165, 1.54) is 40.7 Å². The van der Waals surface area contributed by atoms with Gasteiger partial charge in [0, 0.05) is 29.6 Å². The maximum absolute atomic E-state index is 13.6. The number of benzene rings is 3. The number of carbonyl (C=O) groups excluding carboxylic acids is 2. The van der Waals surface area contributed by atoms with Gasteiger partial charge in [0.15, 0.2) is 0 Å². The first-order chi connectivity index (χ1) is 16.7. The summed E-state index contributed by atoms with van der Waals surface area (Å²) in [5.41, 5.74) is 2.76. The van der Waals surface area contributed by atoms with E-state index in [9.17, 15) is 18.0 Å². The molecule has 5 rings (SSSR count). The highest BCUT2D eigenvalue weighted by Crippen LogP contribution is 2.30. The molecule has 1 aliphatic heterocycles. The molecule has 0 fully saturated rings. The summed E-state index contributed by atoms with van der Waals surface area (Å²) in [6.45, 7) is 1.47. The van der Waals surface area contributed by atoms with Crippen molar-refractivity contribution in [2.45, 2.75) is 11.8 Å². The Morgan fingerprint density at radius 2 is 1.60 bits per heavy atom. The molecule has 0 unspecified atom stereocenters. The second-order valence-electron chi connectivity index (χ2n) is 8.00. The third-order valence-corrected chi connectivity index (χ3v) is 6.62. The van der Waals surface area contributed by atoms with Gasteiger partial charge in [-0.2, -0.15) is 0 Å². The Morgan fingerprint density at radius 3 is 2.26 bits per heavy atom. The molecule has 4 aromatic rings. The number of hydrogen-bond acceptors (Lipinski definition) is 5. The lowest BCUT2D eigenvalue weighted by Gasteiger charge is -2.18. The Morgan fingerprint density at radius 1 is 0.943 bits per heavy atom. The molecular formula is C26H20N4O4S. The van der Waals surface area contributed by atoms with Gasteiger partial charge in [0.1, 0.15) is 11.5 Å². The molecule has 1 aromatic heterocycles. The van der Waals surface area contributed by atoms with Crippen molar-refractivity contribution in [3.63, 3.8) is 0 Å². The third kappa shape index (κ3) is 4.07. The van der Waals surface area contributed by atoms with E-state index in [1.54, 1.807) is 12.3 Å². The molecule has 0 spiro atoms. The summed E-state index contributed by atoms with van der Waals surface area (Å²) in [6, 6.07) is 22.4. The van der Waals surface area contributed by atoms with Gasteiger partial charge in [-0.15, -0.1) is 0 Å².